The summed E-state index contributed by atoms with van der Waals surface area (Å²) in [4.78, 5) is 8.28. The van der Waals surface area contributed by atoms with Crippen LogP contribution in [0.1, 0.15) is 0 Å². The maximum atomic E-state index is 5.32. The van der Waals surface area contributed by atoms with Crippen LogP contribution in [0, 0.1) is 0 Å². The maximum Gasteiger partial charge on any atom is 0.239 e. The molecule has 0 amide bonds. The van der Waals surface area contributed by atoms with E-state index in [4.69, 9.17) is 5.84 Å². The second kappa shape index (κ2) is 5.44. The molecule has 0 radical (unpaired) electrons. The van der Waals surface area contributed by atoms with Crippen molar-refractivity contribution in [2.75, 3.05) is 10.7 Å². The minimum Gasteiger partial charge on any atom is -0.339 e. The lowest BCUT2D eigenvalue weighted by Gasteiger charge is -2.09. The van der Waals surface area contributed by atoms with Gasteiger partial charge in [-0.15, -0.1) is 0 Å². The highest BCUT2D eigenvalue weighted by Gasteiger charge is 2.05. The molecule has 3 aromatic rings. The number of rotatable bonds is 3. The van der Waals surface area contributed by atoms with Gasteiger partial charge in [0, 0.05) is 11.9 Å². The molecule has 0 saturated carbocycles. The first-order valence-electron chi connectivity index (χ1n) is 6.01. The number of anilines is 3. The second-order valence-electron chi connectivity index (χ2n) is 4.22. The molecule has 0 spiro atoms. The molecular formula is C14H12BrN5. The van der Waals surface area contributed by atoms with E-state index in [9.17, 15) is 0 Å². The molecule has 100 valence electrons. The maximum absolute atomic E-state index is 5.32. The van der Waals surface area contributed by atoms with Crippen LogP contribution in [0.25, 0.3) is 10.8 Å². The summed E-state index contributed by atoms with van der Waals surface area (Å²) in [7, 11) is 0. The zero-order valence-corrected chi connectivity index (χ0v) is 12.1. The number of nitrogens with two attached hydrogens (primary N) is 1. The van der Waals surface area contributed by atoms with Gasteiger partial charge in [-0.2, -0.15) is 4.98 Å². The number of nitrogens with one attached hydrogen (secondary N) is 2. The van der Waals surface area contributed by atoms with Crippen molar-refractivity contribution in [3.05, 3.63) is 53.1 Å². The van der Waals surface area contributed by atoms with Gasteiger partial charge in [0.15, 0.2) is 0 Å². The highest BCUT2D eigenvalue weighted by Crippen LogP contribution is 2.26. The minimum atomic E-state index is 0.358. The number of hydrogen-bond acceptors (Lipinski definition) is 5. The summed E-state index contributed by atoms with van der Waals surface area (Å²) in [5, 5.41) is 5.61. The van der Waals surface area contributed by atoms with Crippen LogP contribution in [0.15, 0.2) is 53.1 Å². The molecule has 0 aliphatic heterocycles. The van der Waals surface area contributed by atoms with Crippen molar-refractivity contribution in [2.45, 2.75) is 0 Å². The first-order valence-corrected chi connectivity index (χ1v) is 6.80. The van der Waals surface area contributed by atoms with Gasteiger partial charge in [0.1, 0.15) is 5.82 Å². The van der Waals surface area contributed by atoms with E-state index < -0.39 is 0 Å². The van der Waals surface area contributed by atoms with Gasteiger partial charge in [-0.25, -0.2) is 10.8 Å². The Bertz CT molecular complexity index is 759. The topological polar surface area (TPSA) is 75.9 Å². The molecule has 0 atom stereocenters. The summed E-state index contributed by atoms with van der Waals surface area (Å²) in [6.07, 6.45) is 1.64. The number of aromatic nitrogens is 2. The Morgan fingerprint density at radius 1 is 1.05 bits per heavy atom. The van der Waals surface area contributed by atoms with E-state index >= 15 is 0 Å². The van der Waals surface area contributed by atoms with Crippen LogP contribution in [0.2, 0.25) is 0 Å². The standard InChI is InChI=1S/C14H12BrN5/c15-12-8-17-14(20-16)19-13(12)18-11-6-5-9-3-1-2-4-10(9)7-11/h1-8H,16H2,(H2,17,18,19,20). The molecule has 4 N–H and O–H groups in total. The minimum absolute atomic E-state index is 0.358. The molecule has 1 heterocycles. The van der Waals surface area contributed by atoms with E-state index in [0.717, 1.165) is 10.2 Å². The fraction of sp³-hybridized carbons (Fsp3) is 0. The molecule has 0 fully saturated rings. The molecule has 0 unspecified atom stereocenters. The normalized spacial score (nSPS) is 10.5. The van der Waals surface area contributed by atoms with Crippen molar-refractivity contribution in [1.82, 2.24) is 9.97 Å². The van der Waals surface area contributed by atoms with Gasteiger partial charge in [0.05, 0.1) is 4.47 Å². The number of fused-ring (bicyclic) bond motifs is 1. The third kappa shape index (κ3) is 2.56. The van der Waals surface area contributed by atoms with E-state index in [1.54, 1.807) is 6.20 Å². The fourth-order valence-electron chi connectivity index (χ4n) is 1.93. The third-order valence-corrected chi connectivity index (χ3v) is 3.47. The van der Waals surface area contributed by atoms with Gasteiger partial charge in [-0.3, -0.25) is 5.43 Å². The Morgan fingerprint density at radius 2 is 1.85 bits per heavy atom. The van der Waals surface area contributed by atoms with Gasteiger partial charge in [-0.1, -0.05) is 30.3 Å². The van der Waals surface area contributed by atoms with Gasteiger partial charge >= 0.3 is 0 Å². The number of halogens is 1. The van der Waals surface area contributed by atoms with Crippen molar-refractivity contribution in [2.24, 2.45) is 5.84 Å². The molecule has 0 aliphatic carbocycles. The van der Waals surface area contributed by atoms with E-state index in [-0.39, 0.29) is 0 Å². The lowest BCUT2D eigenvalue weighted by atomic mass is 10.1. The number of hydrazine groups is 1. The summed E-state index contributed by atoms with van der Waals surface area (Å²) in [5.74, 6) is 6.33. The highest BCUT2D eigenvalue weighted by atomic mass is 79.9. The first-order chi connectivity index (χ1) is 9.76. The highest BCUT2D eigenvalue weighted by molar-refractivity contribution is 9.10. The van der Waals surface area contributed by atoms with Gasteiger partial charge in [0.25, 0.3) is 0 Å². The lowest BCUT2D eigenvalue weighted by Crippen LogP contribution is -2.11. The summed E-state index contributed by atoms with van der Waals surface area (Å²) < 4.78 is 0.768. The number of nitrogens with zero attached hydrogens (tertiary/aromatic N) is 2. The third-order valence-electron chi connectivity index (χ3n) is 2.89. The monoisotopic (exact) mass is 329 g/mol. The average molecular weight is 330 g/mol. The van der Waals surface area contributed by atoms with Crippen LogP contribution < -0.4 is 16.6 Å². The predicted molar refractivity (Wildman–Crippen MR) is 84.8 cm³/mol. The van der Waals surface area contributed by atoms with Crippen molar-refractivity contribution in [3.63, 3.8) is 0 Å². The van der Waals surface area contributed by atoms with E-state index in [1.165, 1.54) is 10.8 Å². The van der Waals surface area contributed by atoms with E-state index in [0.29, 0.717) is 11.8 Å². The SMILES string of the molecule is NNc1ncc(Br)c(Nc2ccc3ccccc3c2)n1. The molecule has 20 heavy (non-hydrogen) atoms. The average Bonchev–Trinajstić information content (AvgIpc) is 2.49. The second-order valence-corrected chi connectivity index (χ2v) is 5.08. The molecular weight excluding hydrogens is 318 g/mol. The van der Waals surface area contributed by atoms with Crippen molar-refractivity contribution < 1.29 is 0 Å². The van der Waals surface area contributed by atoms with Crippen molar-refractivity contribution in [1.29, 1.82) is 0 Å². The molecule has 6 heteroatoms. The molecule has 0 bridgehead atoms. The van der Waals surface area contributed by atoms with Crippen molar-refractivity contribution in [3.8, 4) is 0 Å². The van der Waals surface area contributed by atoms with E-state index in [1.807, 2.05) is 18.2 Å². The van der Waals surface area contributed by atoms with Crippen LogP contribution in [0.4, 0.5) is 17.5 Å². The number of nitrogen functional groups attached to an aromatic ring is 1. The van der Waals surface area contributed by atoms with Crippen molar-refractivity contribution >= 4 is 44.2 Å². The zero-order chi connectivity index (χ0) is 13.9. The fourth-order valence-corrected chi connectivity index (χ4v) is 2.22. The largest absolute Gasteiger partial charge is 0.339 e. The summed E-state index contributed by atoms with van der Waals surface area (Å²) in [5.41, 5.74) is 3.38. The van der Waals surface area contributed by atoms with Crippen LogP contribution in [-0.2, 0) is 0 Å². The van der Waals surface area contributed by atoms with E-state index in [2.05, 4.69) is 60.9 Å². The summed E-state index contributed by atoms with van der Waals surface area (Å²) >= 11 is 3.41. The number of benzene rings is 2. The lowest BCUT2D eigenvalue weighted by molar-refractivity contribution is 1.11. The van der Waals surface area contributed by atoms with Gasteiger partial charge in [0.2, 0.25) is 5.95 Å². The summed E-state index contributed by atoms with van der Waals surface area (Å²) in [6, 6.07) is 14.3. The molecule has 1 aromatic heterocycles. The smallest absolute Gasteiger partial charge is 0.239 e. The predicted octanol–water partition coefficient (Wildman–Crippen LogP) is 3.42. The Kier molecular flexibility index (Phi) is 3.49. The Hall–Kier alpha value is -2.18. The Morgan fingerprint density at radius 3 is 2.65 bits per heavy atom. The molecule has 5 nitrogen and oxygen atoms in total. The first kappa shape index (κ1) is 12.8. The molecule has 0 aliphatic rings. The Balaban J connectivity index is 1.96. The van der Waals surface area contributed by atoms with Crippen LogP contribution >= 0.6 is 15.9 Å². The van der Waals surface area contributed by atoms with Gasteiger partial charge < -0.3 is 5.32 Å². The zero-order valence-electron chi connectivity index (χ0n) is 10.5. The van der Waals surface area contributed by atoms with Crippen LogP contribution in [0.5, 0.6) is 0 Å². The quantitative estimate of drug-likeness (QED) is 0.507. The number of hydrogen-bond donors (Lipinski definition) is 3. The molecule has 2 aromatic carbocycles. The molecule has 3 rings (SSSR count). The van der Waals surface area contributed by atoms with Gasteiger partial charge in [-0.05, 0) is 38.8 Å². The van der Waals surface area contributed by atoms with Crippen LogP contribution in [-0.4, -0.2) is 9.97 Å². The summed E-state index contributed by atoms with van der Waals surface area (Å²) in [6.45, 7) is 0. The van der Waals surface area contributed by atoms with Crippen LogP contribution in [0.3, 0.4) is 0 Å². The molecule has 0 saturated heterocycles. The Labute approximate surface area is 124 Å².